The van der Waals surface area contributed by atoms with Crippen LogP contribution in [0.4, 0.5) is 21.6 Å². The van der Waals surface area contributed by atoms with Gasteiger partial charge in [-0.1, -0.05) is 17.7 Å². The topological polar surface area (TPSA) is 88.6 Å². The van der Waals surface area contributed by atoms with Crippen LogP contribution in [-0.2, 0) is 9.53 Å². The van der Waals surface area contributed by atoms with Gasteiger partial charge in [-0.05, 0) is 44.2 Å². The standard InChI is InChI=1S/C25H27ClFN5O3/c1-32(17-6-7-17)9-3-4-24(33)31-22-13-18-21(14-23(22)35-11-10-34-2)28-15-29-25(18)30-16-5-8-20(27)19(26)12-16/h3-5,8,12-15,17H,6-7,9-11H2,1-2H3,(H,31,33)(H,28,29,30)/b4-3+. The minimum absolute atomic E-state index is 0.00531. The number of methoxy groups -OCH3 is 1. The molecule has 35 heavy (non-hydrogen) atoms. The van der Waals surface area contributed by atoms with E-state index in [4.69, 9.17) is 21.1 Å². The third-order valence-corrected chi connectivity index (χ3v) is 5.84. The number of hydrogen-bond donors (Lipinski definition) is 2. The second-order valence-electron chi connectivity index (χ2n) is 8.25. The Balaban J connectivity index is 1.60. The molecular weight excluding hydrogens is 473 g/mol. The van der Waals surface area contributed by atoms with Crippen molar-refractivity contribution in [1.82, 2.24) is 14.9 Å². The predicted molar refractivity (Wildman–Crippen MR) is 135 cm³/mol. The normalized spacial score (nSPS) is 13.5. The highest BCUT2D eigenvalue weighted by atomic mass is 35.5. The number of fused-ring (bicyclic) bond motifs is 1. The Bertz CT molecular complexity index is 1240. The molecule has 0 radical (unpaired) electrons. The molecule has 3 aromatic rings. The maximum Gasteiger partial charge on any atom is 0.248 e. The lowest BCUT2D eigenvalue weighted by molar-refractivity contribution is -0.111. The monoisotopic (exact) mass is 499 g/mol. The number of ether oxygens (including phenoxy) is 2. The van der Waals surface area contributed by atoms with E-state index in [9.17, 15) is 9.18 Å². The smallest absolute Gasteiger partial charge is 0.248 e. The lowest BCUT2D eigenvalue weighted by atomic mass is 10.1. The SMILES string of the molecule is COCCOc1cc2ncnc(Nc3ccc(F)c(Cl)c3)c2cc1NC(=O)/C=C/CN(C)C1CC1. The maximum atomic E-state index is 13.6. The summed E-state index contributed by atoms with van der Waals surface area (Å²) in [5.74, 6) is 0.143. The highest BCUT2D eigenvalue weighted by molar-refractivity contribution is 6.31. The Labute approximate surface area is 208 Å². The molecule has 1 amide bonds. The predicted octanol–water partition coefficient (Wildman–Crippen LogP) is 4.78. The second kappa shape index (κ2) is 11.4. The number of anilines is 3. The van der Waals surface area contributed by atoms with Gasteiger partial charge in [-0.25, -0.2) is 14.4 Å². The number of carbonyl (C=O) groups excluding carboxylic acids is 1. The molecule has 0 unspecified atom stereocenters. The molecule has 0 atom stereocenters. The summed E-state index contributed by atoms with van der Waals surface area (Å²) in [5.41, 5.74) is 1.63. The fourth-order valence-electron chi connectivity index (χ4n) is 3.51. The Morgan fingerprint density at radius 3 is 2.83 bits per heavy atom. The summed E-state index contributed by atoms with van der Waals surface area (Å²) in [6, 6.07) is 8.39. The van der Waals surface area contributed by atoms with E-state index >= 15 is 0 Å². The van der Waals surface area contributed by atoms with E-state index < -0.39 is 5.82 Å². The number of nitrogens with zero attached hydrogens (tertiary/aromatic N) is 3. The number of nitrogens with one attached hydrogen (secondary N) is 2. The molecule has 4 rings (SSSR count). The van der Waals surface area contributed by atoms with E-state index in [0.29, 0.717) is 59.6 Å². The van der Waals surface area contributed by atoms with E-state index in [1.807, 2.05) is 13.1 Å². The molecule has 8 nitrogen and oxygen atoms in total. The lowest BCUT2D eigenvalue weighted by Crippen LogP contribution is -2.20. The van der Waals surface area contributed by atoms with E-state index in [1.54, 1.807) is 25.3 Å². The highest BCUT2D eigenvalue weighted by Gasteiger charge is 2.24. The molecule has 2 N–H and O–H groups in total. The van der Waals surface area contributed by atoms with Crippen LogP contribution in [0.1, 0.15) is 12.8 Å². The Kier molecular flexibility index (Phi) is 8.12. The number of halogens is 2. The first-order valence-electron chi connectivity index (χ1n) is 11.2. The minimum atomic E-state index is -0.510. The number of rotatable bonds is 11. The third-order valence-electron chi connectivity index (χ3n) is 5.55. The van der Waals surface area contributed by atoms with Crippen LogP contribution in [0.5, 0.6) is 5.75 Å². The first-order valence-corrected chi connectivity index (χ1v) is 11.6. The number of likely N-dealkylation sites (N-methyl/N-ethyl adjacent to an activating group) is 1. The molecule has 0 bridgehead atoms. The first kappa shape index (κ1) is 24.8. The quantitative estimate of drug-likeness (QED) is 0.290. The number of carbonyl (C=O) groups is 1. The van der Waals surface area contributed by atoms with Crippen LogP contribution in [-0.4, -0.2) is 60.7 Å². The molecule has 2 aromatic carbocycles. The molecule has 0 spiro atoms. The van der Waals surface area contributed by atoms with Gasteiger partial charge in [-0.3, -0.25) is 9.69 Å². The molecule has 1 aliphatic rings. The summed E-state index contributed by atoms with van der Waals surface area (Å²) < 4.78 is 24.5. The van der Waals surface area contributed by atoms with Crippen LogP contribution in [0.15, 0.2) is 48.8 Å². The van der Waals surface area contributed by atoms with Gasteiger partial charge in [0.15, 0.2) is 0 Å². The molecule has 0 saturated heterocycles. The van der Waals surface area contributed by atoms with Gasteiger partial charge in [0.05, 0.1) is 22.8 Å². The van der Waals surface area contributed by atoms with Crippen molar-refractivity contribution in [2.24, 2.45) is 0 Å². The van der Waals surface area contributed by atoms with Crippen molar-refractivity contribution in [3.05, 3.63) is 59.7 Å². The number of aromatic nitrogens is 2. The summed E-state index contributed by atoms with van der Waals surface area (Å²) in [7, 11) is 3.64. The average molecular weight is 500 g/mol. The summed E-state index contributed by atoms with van der Waals surface area (Å²) >= 11 is 5.91. The Morgan fingerprint density at radius 1 is 1.26 bits per heavy atom. The molecule has 1 aliphatic carbocycles. The van der Waals surface area contributed by atoms with E-state index in [0.717, 1.165) is 0 Å². The molecule has 10 heteroatoms. The van der Waals surface area contributed by atoms with Gasteiger partial charge in [0.1, 0.15) is 30.3 Å². The van der Waals surface area contributed by atoms with Crippen molar-refractivity contribution in [1.29, 1.82) is 0 Å². The molecule has 1 fully saturated rings. The zero-order valence-electron chi connectivity index (χ0n) is 19.6. The first-order chi connectivity index (χ1) is 16.9. The zero-order valence-corrected chi connectivity index (χ0v) is 20.3. The van der Waals surface area contributed by atoms with E-state index in [2.05, 4.69) is 25.5 Å². The van der Waals surface area contributed by atoms with E-state index in [-0.39, 0.29) is 10.9 Å². The van der Waals surface area contributed by atoms with Gasteiger partial charge >= 0.3 is 0 Å². The van der Waals surface area contributed by atoms with Crippen molar-refractivity contribution in [2.75, 3.05) is 44.5 Å². The Morgan fingerprint density at radius 2 is 2.09 bits per heavy atom. The van der Waals surface area contributed by atoms with Crippen LogP contribution >= 0.6 is 11.6 Å². The van der Waals surface area contributed by atoms with E-state index in [1.165, 1.54) is 37.4 Å². The van der Waals surface area contributed by atoms with Gasteiger partial charge in [-0.2, -0.15) is 0 Å². The van der Waals surface area contributed by atoms with Crippen molar-refractivity contribution in [2.45, 2.75) is 18.9 Å². The molecule has 0 aliphatic heterocycles. The number of hydrogen-bond acceptors (Lipinski definition) is 7. The minimum Gasteiger partial charge on any atom is -0.489 e. The van der Waals surface area contributed by atoms with Crippen molar-refractivity contribution < 1.29 is 18.7 Å². The molecule has 1 aromatic heterocycles. The zero-order chi connectivity index (χ0) is 24.8. The van der Waals surface area contributed by atoms with Crippen molar-refractivity contribution >= 4 is 45.6 Å². The van der Waals surface area contributed by atoms with Crippen LogP contribution in [0.3, 0.4) is 0 Å². The summed E-state index contributed by atoms with van der Waals surface area (Å²) in [6.07, 6.45) is 7.18. The number of amides is 1. The van der Waals surface area contributed by atoms with Gasteiger partial charge in [0, 0.05) is 42.9 Å². The molecule has 184 valence electrons. The largest absolute Gasteiger partial charge is 0.489 e. The van der Waals surface area contributed by atoms with Gasteiger partial charge < -0.3 is 20.1 Å². The van der Waals surface area contributed by atoms with Crippen LogP contribution < -0.4 is 15.4 Å². The van der Waals surface area contributed by atoms with Crippen LogP contribution in [0.2, 0.25) is 5.02 Å². The molecule has 1 heterocycles. The fraction of sp³-hybridized carbons (Fsp3) is 0.320. The van der Waals surface area contributed by atoms with Crippen LogP contribution in [0.25, 0.3) is 10.9 Å². The maximum absolute atomic E-state index is 13.6. The fourth-order valence-corrected chi connectivity index (χ4v) is 3.69. The summed E-state index contributed by atoms with van der Waals surface area (Å²) in [5, 5.41) is 6.66. The third kappa shape index (κ3) is 6.66. The van der Waals surface area contributed by atoms with Crippen molar-refractivity contribution in [3.8, 4) is 5.75 Å². The second-order valence-corrected chi connectivity index (χ2v) is 8.65. The van der Waals surface area contributed by atoms with Crippen molar-refractivity contribution in [3.63, 3.8) is 0 Å². The Hall–Kier alpha value is -3.27. The van der Waals surface area contributed by atoms with Crippen LogP contribution in [0, 0.1) is 5.82 Å². The highest BCUT2D eigenvalue weighted by Crippen LogP contribution is 2.34. The van der Waals surface area contributed by atoms with Gasteiger partial charge in [0.2, 0.25) is 5.91 Å². The summed E-state index contributed by atoms with van der Waals surface area (Å²) in [4.78, 5) is 23.5. The van der Waals surface area contributed by atoms with Gasteiger partial charge in [-0.15, -0.1) is 0 Å². The number of benzene rings is 2. The lowest BCUT2D eigenvalue weighted by Gasteiger charge is -2.15. The average Bonchev–Trinajstić information content (AvgIpc) is 3.68. The summed E-state index contributed by atoms with van der Waals surface area (Å²) in [6.45, 7) is 1.40. The van der Waals surface area contributed by atoms with Gasteiger partial charge in [0.25, 0.3) is 0 Å². The molecular formula is C25H27ClFN5O3. The molecule has 1 saturated carbocycles.